The fourth-order valence-corrected chi connectivity index (χ4v) is 1.26. The van der Waals surface area contributed by atoms with Crippen LogP contribution >= 0.6 is 0 Å². The van der Waals surface area contributed by atoms with Gasteiger partial charge in [0.25, 0.3) is 5.91 Å². The smallest absolute Gasteiger partial charge is 0.270 e. The first kappa shape index (κ1) is 13.9. The number of hydrogen-bond acceptors (Lipinski definition) is 5. The Morgan fingerprint density at radius 3 is 2.72 bits per heavy atom. The summed E-state index contributed by atoms with van der Waals surface area (Å²) in [5, 5.41) is 5.38. The maximum atomic E-state index is 11.7. The van der Waals surface area contributed by atoms with Crippen molar-refractivity contribution in [2.45, 2.75) is 20.3 Å². The quantitative estimate of drug-likeness (QED) is 0.649. The number of aromatic nitrogens is 2. The van der Waals surface area contributed by atoms with Gasteiger partial charge in [-0.1, -0.05) is 6.92 Å². The first-order chi connectivity index (χ1) is 8.52. The second-order valence-electron chi connectivity index (χ2n) is 3.79. The highest BCUT2D eigenvalue weighted by Gasteiger charge is 2.10. The lowest BCUT2D eigenvalue weighted by Gasteiger charge is -2.07. The van der Waals surface area contributed by atoms with Gasteiger partial charge in [0.15, 0.2) is 0 Å². The molecule has 0 fully saturated rings. The molecule has 0 aromatic carbocycles. The maximum absolute atomic E-state index is 11.7. The highest BCUT2D eigenvalue weighted by molar-refractivity contribution is 5.94. The lowest BCUT2D eigenvalue weighted by Crippen LogP contribution is -2.33. The molecule has 4 N–H and O–H groups in total. The fourth-order valence-electron chi connectivity index (χ4n) is 1.26. The van der Waals surface area contributed by atoms with Crippen molar-refractivity contribution in [2.24, 2.45) is 5.73 Å². The normalized spacial score (nSPS) is 9.89. The van der Waals surface area contributed by atoms with E-state index in [4.69, 9.17) is 5.73 Å². The summed E-state index contributed by atoms with van der Waals surface area (Å²) in [6.07, 6.45) is 0.931. The summed E-state index contributed by atoms with van der Waals surface area (Å²) in [5.41, 5.74) is 5.83. The first-order valence-electron chi connectivity index (χ1n) is 5.69. The molecule has 1 aromatic heterocycles. The van der Waals surface area contributed by atoms with Crippen molar-refractivity contribution >= 4 is 17.8 Å². The van der Waals surface area contributed by atoms with E-state index in [-0.39, 0.29) is 12.2 Å². The number of amides is 2. The highest BCUT2D eigenvalue weighted by Crippen LogP contribution is 2.04. The van der Waals surface area contributed by atoms with Crippen molar-refractivity contribution in [1.82, 2.24) is 15.3 Å². The van der Waals surface area contributed by atoms with Crippen LogP contribution in [0.15, 0.2) is 6.07 Å². The van der Waals surface area contributed by atoms with Crippen LogP contribution in [0.5, 0.6) is 0 Å². The summed E-state index contributed by atoms with van der Waals surface area (Å²) in [6.45, 7) is 4.30. The molecule has 0 spiro atoms. The van der Waals surface area contributed by atoms with Gasteiger partial charge in [-0.05, 0) is 19.4 Å². The fraction of sp³-hybridized carbons (Fsp3) is 0.455. The Balaban J connectivity index is 2.78. The molecule has 98 valence electrons. The molecule has 1 heterocycles. The minimum atomic E-state index is -0.599. The van der Waals surface area contributed by atoms with E-state index in [1.807, 2.05) is 6.92 Å². The zero-order chi connectivity index (χ0) is 13.5. The van der Waals surface area contributed by atoms with Gasteiger partial charge >= 0.3 is 0 Å². The van der Waals surface area contributed by atoms with Crippen molar-refractivity contribution in [2.75, 3.05) is 18.4 Å². The summed E-state index contributed by atoms with van der Waals surface area (Å²) in [4.78, 5) is 30.5. The molecule has 18 heavy (non-hydrogen) atoms. The number of rotatable bonds is 6. The Morgan fingerprint density at radius 2 is 2.11 bits per heavy atom. The maximum Gasteiger partial charge on any atom is 0.270 e. The van der Waals surface area contributed by atoms with E-state index in [0.29, 0.717) is 11.6 Å². The molecule has 0 aliphatic heterocycles. The number of primary amides is 1. The predicted molar refractivity (Wildman–Crippen MR) is 67.1 cm³/mol. The Kier molecular flexibility index (Phi) is 5.04. The molecule has 0 aliphatic carbocycles. The molecule has 0 atom stereocenters. The van der Waals surface area contributed by atoms with Gasteiger partial charge in [0, 0.05) is 12.2 Å². The molecule has 0 saturated carbocycles. The van der Waals surface area contributed by atoms with Gasteiger partial charge in [-0.25, -0.2) is 9.97 Å². The summed E-state index contributed by atoms with van der Waals surface area (Å²) >= 11 is 0. The third-order valence-corrected chi connectivity index (χ3v) is 2.04. The minimum absolute atomic E-state index is 0.209. The van der Waals surface area contributed by atoms with Gasteiger partial charge in [-0.15, -0.1) is 0 Å². The Morgan fingerprint density at radius 1 is 1.39 bits per heavy atom. The van der Waals surface area contributed by atoms with Gasteiger partial charge in [0.05, 0.1) is 6.54 Å². The number of nitrogens with zero attached hydrogens (tertiary/aromatic N) is 2. The van der Waals surface area contributed by atoms with Crippen LogP contribution in [0.1, 0.15) is 29.5 Å². The Hall–Kier alpha value is -2.18. The third-order valence-electron chi connectivity index (χ3n) is 2.04. The summed E-state index contributed by atoms with van der Waals surface area (Å²) in [7, 11) is 0. The van der Waals surface area contributed by atoms with Crippen molar-refractivity contribution in [3.05, 3.63) is 17.5 Å². The van der Waals surface area contributed by atoms with E-state index < -0.39 is 11.8 Å². The molecular weight excluding hydrogens is 234 g/mol. The lowest BCUT2D eigenvalue weighted by atomic mass is 10.3. The summed E-state index contributed by atoms with van der Waals surface area (Å²) in [5.74, 6) is -0.640. The van der Waals surface area contributed by atoms with Crippen molar-refractivity contribution in [3.63, 3.8) is 0 Å². The third kappa shape index (κ3) is 4.36. The van der Waals surface area contributed by atoms with E-state index in [2.05, 4.69) is 20.6 Å². The van der Waals surface area contributed by atoms with Crippen LogP contribution in [-0.2, 0) is 4.79 Å². The van der Waals surface area contributed by atoms with Crippen LogP contribution in [0.2, 0.25) is 0 Å². The van der Waals surface area contributed by atoms with Gasteiger partial charge in [-0.2, -0.15) is 0 Å². The minimum Gasteiger partial charge on any atom is -0.368 e. The van der Waals surface area contributed by atoms with Crippen molar-refractivity contribution < 1.29 is 9.59 Å². The van der Waals surface area contributed by atoms with E-state index in [0.717, 1.165) is 13.0 Å². The second kappa shape index (κ2) is 6.53. The average Bonchev–Trinajstić information content (AvgIpc) is 2.32. The molecule has 0 aliphatic rings. The SMILES string of the molecule is CCCNc1nc(C)cc(C(=O)NCC(N)=O)n1. The zero-order valence-corrected chi connectivity index (χ0v) is 10.5. The van der Waals surface area contributed by atoms with Crippen LogP contribution in [0.25, 0.3) is 0 Å². The van der Waals surface area contributed by atoms with E-state index >= 15 is 0 Å². The molecule has 0 radical (unpaired) electrons. The number of aryl methyl sites for hydroxylation is 1. The topological polar surface area (TPSA) is 110 Å². The van der Waals surface area contributed by atoms with Crippen LogP contribution in [0.4, 0.5) is 5.95 Å². The average molecular weight is 251 g/mol. The number of carbonyl (C=O) groups is 2. The molecule has 1 rings (SSSR count). The highest BCUT2D eigenvalue weighted by atomic mass is 16.2. The Labute approximate surface area is 105 Å². The van der Waals surface area contributed by atoms with E-state index in [1.165, 1.54) is 0 Å². The number of nitrogens with one attached hydrogen (secondary N) is 2. The monoisotopic (exact) mass is 251 g/mol. The standard InChI is InChI=1S/C11H17N5O2/c1-3-4-13-11-15-7(2)5-8(16-11)10(18)14-6-9(12)17/h5H,3-4,6H2,1-2H3,(H2,12,17)(H,14,18)(H,13,15,16). The summed E-state index contributed by atoms with van der Waals surface area (Å²) < 4.78 is 0. The molecule has 1 aromatic rings. The largest absolute Gasteiger partial charge is 0.368 e. The molecule has 7 heteroatoms. The van der Waals surface area contributed by atoms with Gasteiger partial charge < -0.3 is 16.4 Å². The van der Waals surface area contributed by atoms with E-state index in [1.54, 1.807) is 13.0 Å². The number of anilines is 1. The van der Waals surface area contributed by atoms with Crippen LogP contribution in [0, 0.1) is 6.92 Å². The summed E-state index contributed by atoms with van der Waals surface area (Å²) in [6, 6.07) is 1.55. The van der Waals surface area contributed by atoms with Crippen molar-refractivity contribution in [3.8, 4) is 0 Å². The zero-order valence-electron chi connectivity index (χ0n) is 10.5. The number of carbonyl (C=O) groups excluding carboxylic acids is 2. The van der Waals surface area contributed by atoms with Gasteiger partial charge in [-0.3, -0.25) is 9.59 Å². The van der Waals surface area contributed by atoms with Crippen LogP contribution in [-0.4, -0.2) is 34.9 Å². The van der Waals surface area contributed by atoms with Gasteiger partial charge in [0.2, 0.25) is 11.9 Å². The van der Waals surface area contributed by atoms with Crippen molar-refractivity contribution in [1.29, 1.82) is 0 Å². The second-order valence-corrected chi connectivity index (χ2v) is 3.79. The molecule has 2 amide bonds. The molecule has 0 bridgehead atoms. The van der Waals surface area contributed by atoms with Crippen LogP contribution < -0.4 is 16.4 Å². The Bertz CT molecular complexity index is 447. The van der Waals surface area contributed by atoms with Crippen LogP contribution in [0.3, 0.4) is 0 Å². The predicted octanol–water partition coefficient (Wildman–Crippen LogP) is -0.178. The first-order valence-corrected chi connectivity index (χ1v) is 5.69. The number of nitrogens with two attached hydrogens (primary N) is 1. The van der Waals surface area contributed by atoms with Gasteiger partial charge in [0.1, 0.15) is 5.69 Å². The van der Waals surface area contributed by atoms with E-state index in [9.17, 15) is 9.59 Å². The molecule has 0 saturated heterocycles. The number of hydrogen-bond donors (Lipinski definition) is 3. The molecular formula is C11H17N5O2. The lowest BCUT2D eigenvalue weighted by molar-refractivity contribution is -0.117. The molecule has 7 nitrogen and oxygen atoms in total. The molecule has 0 unspecified atom stereocenters.